The third-order valence-corrected chi connectivity index (χ3v) is 2.75. The molecule has 2 rings (SSSR count). The van der Waals surface area contributed by atoms with Crippen molar-refractivity contribution in [2.45, 2.75) is 19.1 Å². The monoisotopic (exact) mass is 266 g/mol. The minimum atomic E-state index is -0.271. The Hall–Kier alpha value is -1.73. The summed E-state index contributed by atoms with van der Waals surface area (Å²) in [5.41, 5.74) is 0.263. The summed E-state index contributed by atoms with van der Waals surface area (Å²) in [6.45, 7) is 4.04. The molecule has 1 saturated heterocycles. The van der Waals surface area contributed by atoms with E-state index in [2.05, 4.69) is 20.8 Å². The van der Waals surface area contributed by atoms with Gasteiger partial charge < -0.3 is 20.1 Å². The minimum absolute atomic E-state index is 0.00386. The fraction of sp³-hybridized carbons (Fsp3) is 0.583. The molecular weight excluding hydrogens is 248 g/mol. The third kappa shape index (κ3) is 3.87. The Morgan fingerprint density at radius 2 is 2.37 bits per heavy atom. The van der Waals surface area contributed by atoms with Crippen molar-refractivity contribution in [3.63, 3.8) is 0 Å². The molecule has 2 N–H and O–H groups in total. The average molecular weight is 266 g/mol. The summed E-state index contributed by atoms with van der Waals surface area (Å²) in [5.74, 6) is 0.113. The summed E-state index contributed by atoms with van der Waals surface area (Å²) >= 11 is 0. The van der Waals surface area contributed by atoms with Crippen LogP contribution < -0.4 is 15.4 Å². The number of carbonyl (C=O) groups excluding carboxylic acids is 1. The van der Waals surface area contributed by atoms with E-state index >= 15 is 0 Å². The quantitative estimate of drug-likeness (QED) is 0.771. The Morgan fingerprint density at radius 1 is 1.53 bits per heavy atom. The molecule has 2 unspecified atom stereocenters. The number of morpholine rings is 1. The minimum Gasteiger partial charge on any atom is -0.474 e. The molecule has 1 aliphatic rings. The van der Waals surface area contributed by atoms with Crippen LogP contribution in [0.5, 0.6) is 5.88 Å². The van der Waals surface area contributed by atoms with Crippen molar-refractivity contribution in [2.24, 2.45) is 0 Å². The molecule has 0 radical (unpaired) electrons. The SMILES string of the molecule is CNC(=O)c1ccc(OCC2CNCC(C)O2)nn1. The van der Waals surface area contributed by atoms with Crippen LogP contribution in [0.25, 0.3) is 0 Å². The fourth-order valence-corrected chi connectivity index (χ4v) is 1.80. The van der Waals surface area contributed by atoms with Gasteiger partial charge in [0.25, 0.3) is 5.91 Å². The second-order valence-corrected chi connectivity index (χ2v) is 4.37. The van der Waals surface area contributed by atoms with Crippen LogP contribution in [0.1, 0.15) is 17.4 Å². The van der Waals surface area contributed by atoms with E-state index in [0.29, 0.717) is 12.5 Å². The Morgan fingerprint density at radius 3 is 3.00 bits per heavy atom. The van der Waals surface area contributed by atoms with Gasteiger partial charge in [0.1, 0.15) is 12.7 Å². The van der Waals surface area contributed by atoms with Crippen LogP contribution in [0.2, 0.25) is 0 Å². The van der Waals surface area contributed by atoms with Crippen molar-refractivity contribution in [2.75, 3.05) is 26.7 Å². The Balaban J connectivity index is 1.84. The van der Waals surface area contributed by atoms with Gasteiger partial charge in [-0.1, -0.05) is 0 Å². The number of hydrogen-bond acceptors (Lipinski definition) is 6. The number of hydrogen-bond donors (Lipinski definition) is 2. The predicted octanol–water partition coefficient (Wildman–Crippen LogP) is -0.408. The van der Waals surface area contributed by atoms with Gasteiger partial charge in [-0.05, 0) is 13.0 Å². The van der Waals surface area contributed by atoms with Gasteiger partial charge in [-0.2, -0.15) is 0 Å². The van der Waals surface area contributed by atoms with E-state index in [-0.39, 0.29) is 23.8 Å². The molecule has 1 aromatic heterocycles. The first kappa shape index (κ1) is 13.7. The van der Waals surface area contributed by atoms with E-state index in [1.54, 1.807) is 19.2 Å². The molecule has 7 heteroatoms. The van der Waals surface area contributed by atoms with Crippen LogP contribution in [0.3, 0.4) is 0 Å². The summed E-state index contributed by atoms with van der Waals surface area (Å²) in [6.07, 6.45) is 0.188. The highest BCUT2D eigenvalue weighted by Crippen LogP contribution is 2.08. The topological polar surface area (TPSA) is 85.4 Å². The smallest absolute Gasteiger partial charge is 0.271 e. The lowest BCUT2D eigenvalue weighted by atomic mass is 10.2. The van der Waals surface area contributed by atoms with Crippen molar-refractivity contribution in [3.05, 3.63) is 17.8 Å². The first-order chi connectivity index (χ1) is 9.19. The van der Waals surface area contributed by atoms with Crippen LogP contribution in [-0.2, 0) is 4.74 Å². The van der Waals surface area contributed by atoms with Gasteiger partial charge >= 0.3 is 0 Å². The van der Waals surface area contributed by atoms with Crippen LogP contribution in [0.15, 0.2) is 12.1 Å². The molecule has 2 atom stereocenters. The zero-order valence-electron chi connectivity index (χ0n) is 11.0. The Kier molecular flexibility index (Phi) is 4.64. The van der Waals surface area contributed by atoms with Crippen molar-refractivity contribution < 1.29 is 14.3 Å². The van der Waals surface area contributed by atoms with E-state index in [9.17, 15) is 4.79 Å². The number of ether oxygens (including phenoxy) is 2. The van der Waals surface area contributed by atoms with E-state index in [1.165, 1.54) is 0 Å². The van der Waals surface area contributed by atoms with Crippen molar-refractivity contribution in [1.29, 1.82) is 0 Å². The van der Waals surface area contributed by atoms with Gasteiger partial charge in [0.05, 0.1) is 6.10 Å². The predicted molar refractivity (Wildman–Crippen MR) is 68.1 cm³/mol. The molecule has 0 aliphatic carbocycles. The number of nitrogens with one attached hydrogen (secondary N) is 2. The van der Waals surface area contributed by atoms with Gasteiger partial charge in [0, 0.05) is 26.2 Å². The molecule has 1 aromatic rings. The Labute approximate surface area is 111 Å². The lowest BCUT2D eigenvalue weighted by Crippen LogP contribution is -2.45. The molecule has 7 nitrogen and oxygen atoms in total. The molecule has 0 spiro atoms. The summed E-state index contributed by atoms with van der Waals surface area (Å²) in [5, 5.41) is 13.4. The van der Waals surface area contributed by atoms with E-state index in [4.69, 9.17) is 9.47 Å². The normalized spacial score (nSPS) is 22.8. The molecule has 104 valence electrons. The number of aromatic nitrogens is 2. The second kappa shape index (κ2) is 6.44. The van der Waals surface area contributed by atoms with Crippen molar-refractivity contribution >= 4 is 5.91 Å². The maximum atomic E-state index is 11.3. The van der Waals surface area contributed by atoms with Crippen LogP contribution >= 0.6 is 0 Å². The number of carbonyl (C=O) groups is 1. The average Bonchev–Trinajstić information content (AvgIpc) is 2.45. The highest BCUT2D eigenvalue weighted by molar-refractivity contribution is 5.91. The zero-order chi connectivity index (χ0) is 13.7. The first-order valence-corrected chi connectivity index (χ1v) is 6.24. The fourth-order valence-electron chi connectivity index (χ4n) is 1.80. The molecule has 0 bridgehead atoms. The summed E-state index contributed by atoms with van der Waals surface area (Å²) in [6, 6.07) is 3.20. The number of amides is 1. The lowest BCUT2D eigenvalue weighted by Gasteiger charge is -2.28. The standard InChI is InChI=1S/C12H18N4O3/c1-8-5-14-6-9(19-8)7-18-11-4-3-10(15-16-11)12(17)13-2/h3-4,8-9,14H,5-7H2,1-2H3,(H,13,17). The molecule has 1 fully saturated rings. The number of rotatable bonds is 4. The zero-order valence-corrected chi connectivity index (χ0v) is 11.0. The molecular formula is C12H18N4O3. The van der Waals surface area contributed by atoms with Crippen molar-refractivity contribution in [1.82, 2.24) is 20.8 Å². The molecule has 19 heavy (non-hydrogen) atoms. The van der Waals surface area contributed by atoms with Crippen LogP contribution in [-0.4, -0.2) is 55.1 Å². The molecule has 1 aliphatic heterocycles. The van der Waals surface area contributed by atoms with E-state index < -0.39 is 0 Å². The lowest BCUT2D eigenvalue weighted by molar-refractivity contribution is -0.0477. The van der Waals surface area contributed by atoms with Crippen LogP contribution in [0.4, 0.5) is 0 Å². The maximum Gasteiger partial charge on any atom is 0.271 e. The first-order valence-electron chi connectivity index (χ1n) is 6.24. The third-order valence-electron chi connectivity index (χ3n) is 2.75. The second-order valence-electron chi connectivity index (χ2n) is 4.37. The highest BCUT2D eigenvalue weighted by Gasteiger charge is 2.19. The largest absolute Gasteiger partial charge is 0.474 e. The Bertz CT molecular complexity index is 423. The van der Waals surface area contributed by atoms with Crippen LogP contribution in [0, 0.1) is 0 Å². The van der Waals surface area contributed by atoms with Gasteiger partial charge in [0.15, 0.2) is 5.69 Å². The van der Waals surface area contributed by atoms with Gasteiger partial charge in [-0.15, -0.1) is 10.2 Å². The maximum absolute atomic E-state index is 11.3. The highest BCUT2D eigenvalue weighted by atomic mass is 16.5. The molecule has 2 heterocycles. The summed E-state index contributed by atoms with van der Waals surface area (Å²) < 4.78 is 11.2. The molecule has 1 amide bonds. The van der Waals surface area contributed by atoms with Gasteiger partial charge in [-0.3, -0.25) is 4.79 Å². The van der Waals surface area contributed by atoms with E-state index in [0.717, 1.165) is 13.1 Å². The van der Waals surface area contributed by atoms with E-state index in [1.807, 2.05) is 6.92 Å². The van der Waals surface area contributed by atoms with Crippen molar-refractivity contribution in [3.8, 4) is 5.88 Å². The molecule has 0 saturated carbocycles. The van der Waals surface area contributed by atoms with Gasteiger partial charge in [-0.25, -0.2) is 0 Å². The number of nitrogens with zero attached hydrogens (tertiary/aromatic N) is 2. The summed E-state index contributed by atoms with van der Waals surface area (Å²) in [7, 11) is 1.54. The summed E-state index contributed by atoms with van der Waals surface area (Å²) in [4.78, 5) is 11.3. The molecule has 0 aromatic carbocycles. The van der Waals surface area contributed by atoms with Gasteiger partial charge in [0.2, 0.25) is 5.88 Å².